The number of aromatic nitrogens is 3. The van der Waals surface area contributed by atoms with Crippen molar-refractivity contribution in [1.29, 1.82) is 0 Å². The Balaban J connectivity index is 1.26. The van der Waals surface area contributed by atoms with Crippen molar-refractivity contribution in [1.82, 2.24) is 20.3 Å². The molecule has 1 aliphatic heterocycles. The number of para-hydroxylation sites is 1. The molecule has 0 spiro atoms. The van der Waals surface area contributed by atoms with Crippen LogP contribution in [-0.2, 0) is 13.0 Å². The van der Waals surface area contributed by atoms with Crippen molar-refractivity contribution in [2.75, 3.05) is 5.75 Å². The van der Waals surface area contributed by atoms with Gasteiger partial charge in [-0.15, -0.1) is 11.8 Å². The molecule has 7 nitrogen and oxygen atoms in total. The number of carbonyl (C=O) groups excluding carboxylic acids is 1. The molecule has 4 N–H and O–H groups in total. The number of aromatic hydroxyl groups is 2. The van der Waals surface area contributed by atoms with Crippen LogP contribution in [0.2, 0.25) is 0 Å². The minimum Gasteiger partial charge on any atom is -0.501 e. The molecule has 1 aliphatic rings. The van der Waals surface area contributed by atoms with Gasteiger partial charge in [0.25, 0.3) is 11.8 Å². The minimum atomic E-state index is -0.617. The van der Waals surface area contributed by atoms with Crippen molar-refractivity contribution in [3.63, 3.8) is 0 Å². The van der Waals surface area contributed by atoms with E-state index in [9.17, 15) is 15.0 Å². The largest absolute Gasteiger partial charge is 0.501 e. The van der Waals surface area contributed by atoms with Crippen LogP contribution in [0.15, 0.2) is 60.8 Å². The molecule has 2 aromatic heterocycles. The first kappa shape index (κ1) is 21.1. The molecule has 0 saturated heterocycles. The molecule has 0 radical (unpaired) electrons. The second-order valence-electron chi connectivity index (χ2n) is 7.81. The molecular weight excluding hydrogens is 436 g/mol. The fourth-order valence-corrected chi connectivity index (χ4v) is 4.74. The summed E-state index contributed by atoms with van der Waals surface area (Å²) in [6, 6.07) is 16.2. The number of benzene rings is 2. The predicted molar refractivity (Wildman–Crippen MR) is 129 cm³/mol. The molecule has 3 heterocycles. The van der Waals surface area contributed by atoms with E-state index < -0.39 is 17.5 Å². The van der Waals surface area contributed by atoms with E-state index in [1.807, 2.05) is 48.7 Å². The zero-order chi connectivity index (χ0) is 22.8. The molecule has 0 aliphatic carbocycles. The normalized spacial score (nSPS) is 13.3. The van der Waals surface area contributed by atoms with Crippen molar-refractivity contribution >= 4 is 33.5 Å². The molecule has 2 aromatic carbocycles. The fraction of sp³-hybridized carbons (Fsp3) is 0.160. The summed E-state index contributed by atoms with van der Waals surface area (Å²) >= 11 is 1.55. The second-order valence-corrected chi connectivity index (χ2v) is 8.95. The molecular formula is C25H22N4O3S. The van der Waals surface area contributed by atoms with E-state index in [2.05, 4.69) is 32.4 Å². The monoisotopic (exact) mass is 458 g/mol. The van der Waals surface area contributed by atoms with Crippen molar-refractivity contribution in [2.24, 2.45) is 0 Å². The lowest BCUT2D eigenvalue weighted by atomic mass is 10.0. The van der Waals surface area contributed by atoms with Crippen molar-refractivity contribution in [3.8, 4) is 11.6 Å². The minimum absolute atomic E-state index is 0.234. The highest BCUT2D eigenvalue weighted by Gasteiger charge is 2.22. The van der Waals surface area contributed by atoms with E-state index in [-0.39, 0.29) is 18.1 Å². The van der Waals surface area contributed by atoms with Crippen LogP contribution in [0.5, 0.6) is 11.6 Å². The quantitative estimate of drug-likeness (QED) is 0.342. The zero-order valence-electron chi connectivity index (χ0n) is 17.7. The van der Waals surface area contributed by atoms with E-state index in [1.54, 1.807) is 11.8 Å². The maximum atomic E-state index is 12.7. The van der Waals surface area contributed by atoms with E-state index in [0.29, 0.717) is 0 Å². The average Bonchev–Trinajstić information content (AvgIpc) is 3.51. The molecule has 0 atom stereocenters. The highest BCUT2D eigenvalue weighted by atomic mass is 32.2. The SMILES string of the molecule is O=C(NCc1ccc(Cc2c[nH]c3ccccc23)cc1)c1nc(C2=CCCS2)nc(O)c1O. The molecule has 166 valence electrons. The van der Waals surface area contributed by atoms with Gasteiger partial charge in [-0.1, -0.05) is 48.5 Å². The Hall–Kier alpha value is -3.78. The van der Waals surface area contributed by atoms with Crippen LogP contribution in [0.1, 0.15) is 39.4 Å². The van der Waals surface area contributed by atoms with Crippen LogP contribution in [0.25, 0.3) is 15.8 Å². The third-order valence-corrected chi connectivity index (χ3v) is 6.65. The Kier molecular flexibility index (Phi) is 5.75. The molecule has 0 bridgehead atoms. The highest BCUT2D eigenvalue weighted by Crippen LogP contribution is 2.35. The number of hydrogen-bond donors (Lipinski definition) is 4. The third-order valence-electron chi connectivity index (χ3n) is 5.55. The molecule has 5 rings (SSSR count). The van der Waals surface area contributed by atoms with Gasteiger partial charge in [0.2, 0.25) is 5.75 Å². The first-order chi connectivity index (χ1) is 16.1. The van der Waals surface area contributed by atoms with Crippen LogP contribution in [0.3, 0.4) is 0 Å². The molecule has 0 saturated carbocycles. The van der Waals surface area contributed by atoms with Crippen LogP contribution in [0, 0.1) is 0 Å². The van der Waals surface area contributed by atoms with Gasteiger partial charge >= 0.3 is 0 Å². The first-order valence-corrected chi connectivity index (χ1v) is 11.6. The summed E-state index contributed by atoms with van der Waals surface area (Å²) in [6.07, 6.45) is 5.68. The van der Waals surface area contributed by atoms with E-state index >= 15 is 0 Å². The number of nitrogens with one attached hydrogen (secondary N) is 2. The Morgan fingerprint density at radius 1 is 1.06 bits per heavy atom. The van der Waals surface area contributed by atoms with Gasteiger partial charge in [-0.2, -0.15) is 4.98 Å². The van der Waals surface area contributed by atoms with Crippen molar-refractivity contribution in [3.05, 3.63) is 89.0 Å². The average molecular weight is 459 g/mol. The molecule has 33 heavy (non-hydrogen) atoms. The first-order valence-electron chi connectivity index (χ1n) is 10.6. The van der Waals surface area contributed by atoms with E-state index in [4.69, 9.17) is 0 Å². The Bertz CT molecular complexity index is 1360. The topological polar surface area (TPSA) is 111 Å². The van der Waals surface area contributed by atoms with E-state index in [0.717, 1.165) is 34.6 Å². The number of H-pyrrole nitrogens is 1. The number of amides is 1. The number of rotatable bonds is 6. The Morgan fingerprint density at radius 3 is 2.64 bits per heavy atom. The van der Waals surface area contributed by atoms with Gasteiger partial charge in [0.05, 0.1) is 0 Å². The second kappa shape index (κ2) is 8.99. The number of hydrogen-bond acceptors (Lipinski definition) is 6. The summed E-state index contributed by atoms with van der Waals surface area (Å²) in [6.45, 7) is 0.267. The number of aromatic amines is 1. The molecule has 8 heteroatoms. The third kappa shape index (κ3) is 4.42. The van der Waals surface area contributed by atoms with E-state index in [1.165, 1.54) is 16.5 Å². The standard InChI is InChI=1S/C25H22N4O3S/c30-22-21(28-23(29-25(22)32)20-6-3-11-33-20)24(31)27-13-16-9-7-15(8-10-16)12-17-14-26-19-5-2-1-4-18(17)19/h1-2,4-10,14,26,30H,3,11-13H2,(H,27,31)(H,28,29,32). The number of carbonyl (C=O) groups is 1. The zero-order valence-corrected chi connectivity index (χ0v) is 18.5. The summed E-state index contributed by atoms with van der Waals surface area (Å²) in [5.41, 5.74) is 4.20. The van der Waals surface area contributed by atoms with Crippen LogP contribution in [0.4, 0.5) is 0 Å². The Morgan fingerprint density at radius 2 is 1.85 bits per heavy atom. The van der Waals surface area contributed by atoms with Gasteiger partial charge in [0.1, 0.15) is 0 Å². The summed E-state index contributed by atoms with van der Waals surface area (Å²) < 4.78 is 0. The molecule has 1 amide bonds. The summed E-state index contributed by atoms with van der Waals surface area (Å²) in [4.78, 5) is 24.8. The maximum Gasteiger partial charge on any atom is 0.274 e. The van der Waals surface area contributed by atoms with Gasteiger partial charge in [0, 0.05) is 34.3 Å². The number of thioether (sulfide) groups is 1. The van der Waals surface area contributed by atoms with Gasteiger partial charge in [-0.05, 0) is 35.6 Å². The van der Waals surface area contributed by atoms with Gasteiger partial charge in [-0.25, -0.2) is 4.98 Å². The van der Waals surface area contributed by atoms with Crippen molar-refractivity contribution in [2.45, 2.75) is 19.4 Å². The number of nitrogens with zero attached hydrogens (tertiary/aromatic N) is 2. The lowest BCUT2D eigenvalue weighted by molar-refractivity contribution is 0.0941. The highest BCUT2D eigenvalue weighted by molar-refractivity contribution is 8.08. The summed E-state index contributed by atoms with van der Waals surface area (Å²) in [5, 5.41) is 24.0. The smallest absolute Gasteiger partial charge is 0.274 e. The van der Waals surface area contributed by atoms with Gasteiger partial charge in [0.15, 0.2) is 11.5 Å². The van der Waals surface area contributed by atoms with Crippen LogP contribution in [-0.4, -0.2) is 36.8 Å². The number of allylic oxidation sites excluding steroid dienone is 1. The van der Waals surface area contributed by atoms with Crippen LogP contribution >= 0.6 is 11.8 Å². The number of fused-ring (bicyclic) bond motifs is 1. The van der Waals surface area contributed by atoms with Gasteiger partial charge in [-0.3, -0.25) is 4.79 Å². The van der Waals surface area contributed by atoms with Crippen molar-refractivity contribution < 1.29 is 15.0 Å². The molecule has 0 fully saturated rings. The van der Waals surface area contributed by atoms with Gasteiger partial charge < -0.3 is 20.5 Å². The lowest BCUT2D eigenvalue weighted by Crippen LogP contribution is -2.24. The predicted octanol–water partition coefficient (Wildman–Crippen LogP) is 4.37. The Labute approximate surface area is 194 Å². The summed E-state index contributed by atoms with van der Waals surface area (Å²) in [7, 11) is 0. The fourth-order valence-electron chi connectivity index (χ4n) is 3.82. The maximum absolute atomic E-state index is 12.7. The lowest BCUT2D eigenvalue weighted by Gasteiger charge is -2.10. The summed E-state index contributed by atoms with van der Waals surface area (Å²) in [5.74, 6) is -0.635. The molecule has 0 unspecified atom stereocenters. The van der Waals surface area contributed by atoms with Crippen LogP contribution < -0.4 is 5.32 Å². The molecule has 4 aromatic rings.